The molecule has 4 nitrogen and oxygen atoms in total. The number of carboxylic acids is 1. The van der Waals surface area contributed by atoms with Crippen molar-refractivity contribution in [2.24, 2.45) is 0 Å². The van der Waals surface area contributed by atoms with Crippen LogP contribution < -0.4 is 5.32 Å². The lowest BCUT2D eigenvalue weighted by Crippen LogP contribution is -2.39. The summed E-state index contributed by atoms with van der Waals surface area (Å²) in [5.41, 5.74) is 2.00. The largest absolute Gasteiger partial charge is 0.480 e. The molecule has 0 spiro atoms. The third-order valence-corrected chi connectivity index (χ3v) is 2.23. The van der Waals surface area contributed by atoms with E-state index in [0.29, 0.717) is 0 Å². The Morgan fingerprint density at radius 2 is 1.88 bits per heavy atom. The maximum Gasteiger partial charge on any atom is 0.325 e. The zero-order chi connectivity index (χ0) is 12.1. The standard InChI is InChI=1S/C12H15NO3/c1-8-3-5-10(6-4-8)7-11(14)13-9(2)12(15)16/h3-6,9H,7H2,1-2H3,(H,13,14)(H,15,16)/t9-/m1/s1. The molecule has 4 heteroatoms. The van der Waals surface area contributed by atoms with Crippen molar-refractivity contribution in [1.82, 2.24) is 5.32 Å². The molecule has 16 heavy (non-hydrogen) atoms. The van der Waals surface area contributed by atoms with Gasteiger partial charge in [0.25, 0.3) is 0 Å². The van der Waals surface area contributed by atoms with Crippen LogP contribution in [-0.4, -0.2) is 23.0 Å². The van der Waals surface area contributed by atoms with Crippen LogP contribution in [0.1, 0.15) is 18.1 Å². The molecule has 1 atom stereocenters. The first-order chi connectivity index (χ1) is 7.49. The van der Waals surface area contributed by atoms with Crippen molar-refractivity contribution in [2.45, 2.75) is 26.3 Å². The van der Waals surface area contributed by atoms with Gasteiger partial charge in [0.2, 0.25) is 5.91 Å². The molecule has 1 amide bonds. The number of aliphatic carboxylic acids is 1. The molecule has 0 aromatic heterocycles. The minimum Gasteiger partial charge on any atom is -0.480 e. The number of hydrogen-bond acceptors (Lipinski definition) is 2. The van der Waals surface area contributed by atoms with Crippen LogP contribution in [0.15, 0.2) is 24.3 Å². The summed E-state index contributed by atoms with van der Waals surface area (Å²) in [7, 11) is 0. The van der Waals surface area contributed by atoms with E-state index in [9.17, 15) is 9.59 Å². The minimum absolute atomic E-state index is 0.206. The average molecular weight is 221 g/mol. The van der Waals surface area contributed by atoms with Gasteiger partial charge in [-0.25, -0.2) is 0 Å². The summed E-state index contributed by atoms with van der Waals surface area (Å²) < 4.78 is 0. The molecule has 86 valence electrons. The van der Waals surface area contributed by atoms with E-state index in [1.807, 2.05) is 31.2 Å². The highest BCUT2D eigenvalue weighted by molar-refractivity contribution is 5.84. The van der Waals surface area contributed by atoms with Crippen molar-refractivity contribution in [2.75, 3.05) is 0 Å². The summed E-state index contributed by atoms with van der Waals surface area (Å²) in [6.07, 6.45) is 0.206. The topological polar surface area (TPSA) is 66.4 Å². The van der Waals surface area contributed by atoms with Gasteiger partial charge >= 0.3 is 5.97 Å². The fraction of sp³-hybridized carbons (Fsp3) is 0.333. The van der Waals surface area contributed by atoms with E-state index in [2.05, 4.69) is 5.32 Å². The Bertz CT molecular complexity index is 384. The fourth-order valence-corrected chi connectivity index (χ4v) is 1.25. The van der Waals surface area contributed by atoms with Crippen LogP contribution in [0.5, 0.6) is 0 Å². The molecule has 2 N–H and O–H groups in total. The Morgan fingerprint density at radius 3 is 2.38 bits per heavy atom. The third-order valence-electron chi connectivity index (χ3n) is 2.23. The number of rotatable bonds is 4. The molecule has 0 aliphatic rings. The van der Waals surface area contributed by atoms with Gasteiger partial charge in [0.1, 0.15) is 6.04 Å². The van der Waals surface area contributed by atoms with Crippen molar-refractivity contribution >= 4 is 11.9 Å². The summed E-state index contributed by atoms with van der Waals surface area (Å²) in [6.45, 7) is 3.41. The molecule has 0 saturated heterocycles. The number of carbonyl (C=O) groups is 2. The number of carbonyl (C=O) groups excluding carboxylic acids is 1. The van der Waals surface area contributed by atoms with E-state index in [4.69, 9.17) is 5.11 Å². The number of benzene rings is 1. The van der Waals surface area contributed by atoms with Crippen LogP contribution in [0, 0.1) is 6.92 Å². The lowest BCUT2D eigenvalue weighted by Gasteiger charge is -2.09. The van der Waals surface area contributed by atoms with Crippen molar-refractivity contribution < 1.29 is 14.7 Å². The number of hydrogen-bond donors (Lipinski definition) is 2. The zero-order valence-corrected chi connectivity index (χ0v) is 9.36. The second-order valence-electron chi connectivity index (χ2n) is 3.79. The predicted molar refractivity (Wildman–Crippen MR) is 60.1 cm³/mol. The fourth-order valence-electron chi connectivity index (χ4n) is 1.25. The van der Waals surface area contributed by atoms with Gasteiger partial charge in [-0.2, -0.15) is 0 Å². The van der Waals surface area contributed by atoms with Crippen molar-refractivity contribution in [3.05, 3.63) is 35.4 Å². The Labute approximate surface area is 94.3 Å². The van der Waals surface area contributed by atoms with E-state index in [0.717, 1.165) is 11.1 Å². The smallest absolute Gasteiger partial charge is 0.325 e. The highest BCUT2D eigenvalue weighted by Crippen LogP contribution is 2.03. The zero-order valence-electron chi connectivity index (χ0n) is 9.36. The highest BCUT2D eigenvalue weighted by atomic mass is 16.4. The van der Waals surface area contributed by atoms with E-state index in [-0.39, 0.29) is 12.3 Å². The van der Waals surface area contributed by atoms with Crippen LogP contribution in [-0.2, 0) is 16.0 Å². The van der Waals surface area contributed by atoms with Crippen LogP contribution in [0.4, 0.5) is 0 Å². The van der Waals surface area contributed by atoms with Gasteiger partial charge in [0.05, 0.1) is 6.42 Å². The molecular weight excluding hydrogens is 206 g/mol. The molecule has 0 saturated carbocycles. The number of carboxylic acid groups (broad SMARTS) is 1. The monoisotopic (exact) mass is 221 g/mol. The minimum atomic E-state index is -1.03. The van der Waals surface area contributed by atoms with Crippen molar-refractivity contribution in [3.8, 4) is 0 Å². The van der Waals surface area contributed by atoms with Gasteiger partial charge < -0.3 is 10.4 Å². The molecule has 1 rings (SSSR count). The predicted octanol–water partition coefficient (Wildman–Crippen LogP) is 1.13. The Balaban J connectivity index is 2.52. The van der Waals surface area contributed by atoms with E-state index in [1.165, 1.54) is 6.92 Å². The SMILES string of the molecule is Cc1ccc(CC(=O)N[C@H](C)C(=O)O)cc1. The molecule has 0 radical (unpaired) electrons. The summed E-state index contributed by atoms with van der Waals surface area (Å²) >= 11 is 0. The summed E-state index contributed by atoms with van der Waals surface area (Å²) in [6, 6.07) is 6.71. The maximum absolute atomic E-state index is 11.4. The third kappa shape index (κ3) is 3.73. The molecule has 1 aromatic carbocycles. The van der Waals surface area contributed by atoms with Crippen LogP contribution in [0.3, 0.4) is 0 Å². The van der Waals surface area contributed by atoms with Crippen molar-refractivity contribution in [3.63, 3.8) is 0 Å². The lowest BCUT2D eigenvalue weighted by atomic mass is 10.1. The van der Waals surface area contributed by atoms with Gasteiger partial charge in [-0.05, 0) is 19.4 Å². The van der Waals surface area contributed by atoms with Gasteiger partial charge in [-0.1, -0.05) is 29.8 Å². The molecule has 0 heterocycles. The molecule has 1 aromatic rings. The first-order valence-corrected chi connectivity index (χ1v) is 5.07. The van der Waals surface area contributed by atoms with E-state index in [1.54, 1.807) is 0 Å². The second-order valence-corrected chi connectivity index (χ2v) is 3.79. The summed E-state index contributed by atoms with van der Waals surface area (Å²) in [5, 5.41) is 11.0. The van der Waals surface area contributed by atoms with Gasteiger partial charge in [0, 0.05) is 0 Å². The van der Waals surface area contributed by atoms with E-state index < -0.39 is 12.0 Å². The summed E-state index contributed by atoms with van der Waals surface area (Å²) in [4.78, 5) is 22.0. The second kappa shape index (κ2) is 5.30. The Hall–Kier alpha value is -1.84. The lowest BCUT2D eigenvalue weighted by molar-refractivity contribution is -0.141. The van der Waals surface area contributed by atoms with Gasteiger partial charge in [-0.15, -0.1) is 0 Å². The number of amides is 1. The van der Waals surface area contributed by atoms with Crippen molar-refractivity contribution in [1.29, 1.82) is 0 Å². The van der Waals surface area contributed by atoms with Crippen LogP contribution >= 0.6 is 0 Å². The quantitative estimate of drug-likeness (QED) is 0.800. The average Bonchev–Trinajstić information content (AvgIpc) is 2.21. The van der Waals surface area contributed by atoms with Crippen LogP contribution in [0.25, 0.3) is 0 Å². The van der Waals surface area contributed by atoms with Gasteiger partial charge in [-0.3, -0.25) is 9.59 Å². The molecule has 0 aliphatic carbocycles. The molecule has 0 aliphatic heterocycles. The Morgan fingerprint density at radius 1 is 1.31 bits per heavy atom. The first kappa shape index (κ1) is 12.2. The highest BCUT2D eigenvalue weighted by Gasteiger charge is 2.13. The number of nitrogens with one attached hydrogen (secondary N) is 1. The van der Waals surface area contributed by atoms with Crippen LogP contribution in [0.2, 0.25) is 0 Å². The normalized spacial score (nSPS) is 11.9. The first-order valence-electron chi connectivity index (χ1n) is 5.07. The van der Waals surface area contributed by atoms with Gasteiger partial charge in [0.15, 0.2) is 0 Å². The number of aryl methyl sites for hydroxylation is 1. The molecular formula is C12H15NO3. The maximum atomic E-state index is 11.4. The molecule has 0 bridgehead atoms. The molecule has 0 unspecified atom stereocenters. The Kier molecular flexibility index (Phi) is 4.05. The summed E-state index contributed by atoms with van der Waals surface area (Å²) in [5.74, 6) is -1.31. The van der Waals surface area contributed by atoms with E-state index >= 15 is 0 Å². The molecule has 0 fully saturated rings.